The Hall–Kier alpha value is -1.84. The second kappa shape index (κ2) is 5.03. The molecule has 19 heavy (non-hydrogen) atoms. The summed E-state index contributed by atoms with van der Waals surface area (Å²) in [5.74, 6) is 0.699. The quantitative estimate of drug-likeness (QED) is 0.844. The van der Waals surface area contributed by atoms with Crippen molar-refractivity contribution in [1.29, 1.82) is 0 Å². The van der Waals surface area contributed by atoms with Gasteiger partial charge in [-0.2, -0.15) is 0 Å². The number of halogens is 1. The zero-order valence-corrected chi connectivity index (χ0v) is 11.1. The molecule has 2 heterocycles. The van der Waals surface area contributed by atoms with Crippen LogP contribution in [0.2, 0.25) is 0 Å². The van der Waals surface area contributed by atoms with Crippen molar-refractivity contribution < 1.29 is 4.39 Å². The van der Waals surface area contributed by atoms with Gasteiger partial charge in [0.25, 0.3) is 0 Å². The number of rotatable bonds is 3. The summed E-state index contributed by atoms with van der Waals surface area (Å²) in [7, 11) is 0. The van der Waals surface area contributed by atoms with Crippen LogP contribution in [0.3, 0.4) is 0 Å². The number of nitrogens with zero attached hydrogens (tertiary/aromatic N) is 3. The average molecular weight is 259 g/mol. The lowest BCUT2D eigenvalue weighted by Crippen LogP contribution is -2.17. The zero-order valence-electron chi connectivity index (χ0n) is 11.1. The molecule has 1 aromatic carbocycles. The number of imidazole rings is 1. The average Bonchev–Trinajstić information content (AvgIpc) is 3.09. The van der Waals surface area contributed by atoms with Gasteiger partial charge >= 0.3 is 0 Å². The number of benzene rings is 1. The van der Waals surface area contributed by atoms with Gasteiger partial charge in [0.15, 0.2) is 0 Å². The van der Waals surface area contributed by atoms with Crippen molar-refractivity contribution in [2.75, 3.05) is 18.0 Å². The Morgan fingerprint density at radius 1 is 1.26 bits per heavy atom. The molecule has 0 spiro atoms. The van der Waals surface area contributed by atoms with E-state index in [1.165, 1.54) is 12.8 Å². The van der Waals surface area contributed by atoms with Crippen molar-refractivity contribution in [3.63, 3.8) is 0 Å². The summed E-state index contributed by atoms with van der Waals surface area (Å²) in [6.07, 6.45) is 6.72. The van der Waals surface area contributed by atoms with E-state index in [-0.39, 0.29) is 5.82 Å². The Bertz CT molecular complexity index is 571. The van der Waals surface area contributed by atoms with E-state index in [2.05, 4.69) is 9.88 Å². The Labute approximate surface area is 112 Å². The standard InChI is InChI=1S/C15H18FN3/c1-2-15-17-7-10-19(15)14-6-5-12(11-13(14)16)18-8-3-4-9-18/h5-7,10-11H,2-4,8-9H2,1H3. The van der Waals surface area contributed by atoms with Crippen LogP contribution < -0.4 is 4.90 Å². The van der Waals surface area contributed by atoms with Gasteiger partial charge in [-0.25, -0.2) is 9.37 Å². The summed E-state index contributed by atoms with van der Waals surface area (Å²) < 4.78 is 16.1. The van der Waals surface area contributed by atoms with Gasteiger partial charge in [0.05, 0.1) is 5.69 Å². The molecule has 1 fully saturated rings. The molecule has 1 aliphatic heterocycles. The monoisotopic (exact) mass is 259 g/mol. The van der Waals surface area contributed by atoms with Crippen LogP contribution in [-0.4, -0.2) is 22.6 Å². The molecular weight excluding hydrogens is 241 g/mol. The van der Waals surface area contributed by atoms with E-state index in [0.29, 0.717) is 5.69 Å². The third-order valence-corrected chi connectivity index (χ3v) is 3.70. The third kappa shape index (κ3) is 2.23. The lowest BCUT2D eigenvalue weighted by Gasteiger charge is -2.18. The maximum atomic E-state index is 14.3. The van der Waals surface area contributed by atoms with Crippen molar-refractivity contribution >= 4 is 5.69 Å². The Balaban J connectivity index is 1.95. The van der Waals surface area contributed by atoms with Crippen LogP contribution in [0.15, 0.2) is 30.6 Å². The minimum atomic E-state index is -0.183. The molecule has 0 bridgehead atoms. The van der Waals surface area contributed by atoms with E-state index < -0.39 is 0 Å². The lowest BCUT2D eigenvalue weighted by atomic mass is 10.2. The van der Waals surface area contributed by atoms with Crippen molar-refractivity contribution in [3.8, 4) is 5.69 Å². The molecule has 0 aliphatic carbocycles. The van der Waals surface area contributed by atoms with Crippen molar-refractivity contribution in [2.24, 2.45) is 0 Å². The zero-order chi connectivity index (χ0) is 13.2. The van der Waals surface area contributed by atoms with Crippen LogP contribution >= 0.6 is 0 Å². The topological polar surface area (TPSA) is 21.1 Å². The number of aromatic nitrogens is 2. The number of anilines is 1. The van der Waals surface area contributed by atoms with E-state index in [1.807, 2.05) is 29.8 Å². The molecule has 1 saturated heterocycles. The second-order valence-electron chi connectivity index (χ2n) is 4.90. The maximum absolute atomic E-state index is 14.3. The minimum Gasteiger partial charge on any atom is -0.371 e. The van der Waals surface area contributed by atoms with Gasteiger partial charge in [0.1, 0.15) is 11.6 Å². The highest BCUT2D eigenvalue weighted by atomic mass is 19.1. The fourth-order valence-electron chi connectivity index (χ4n) is 2.68. The molecular formula is C15H18FN3. The molecule has 0 saturated carbocycles. The predicted octanol–water partition coefficient (Wildman–Crippen LogP) is 3.17. The van der Waals surface area contributed by atoms with Gasteiger partial charge in [-0.15, -0.1) is 0 Å². The SMILES string of the molecule is CCc1nccn1-c1ccc(N2CCCC2)cc1F. The number of aryl methyl sites for hydroxylation is 1. The van der Waals surface area contributed by atoms with Gasteiger partial charge in [-0.3, -0.25) is 0 Å². The fraction of sp³-hybridized carbons (Fsp3) is 0.400. The van der Waals surface area contributed by atoms with Gasteiger partial charge < -0.3 is 9.47 Å². The number of hydrogen-bond donors (Lipinski definition) is 0. The highest BCUT2D eigenvalue weighted by molar-refractivity contribution is 5.52. The molecule has 3 nitrogen and oxygen atoms in total. The molecule has 0 atom stereocenters. The Kier molecular flexibility index (Phi) is 3.23. The lowest BCUT2D eigenvalue weighted by molar-refractivity contribution is 0.615. The highest BCUT2D eigenvalue weighted by Crippen LogP contribution is 2.25. The molecule has 2 aromatic rings. The minimum absolute atomic E-state index is 0.183. The normalized spacial score (nSPS) is 15.2. The largest absolute Gasteiger partial charge is 0.371 e. The van der Waals surface area contributed by atoms with Crippen molar-refractivity contribution in [2.45, 2.75) is 26.2 Å². The molecule has 1 aromatic heterocycles. The van der Waals surface area contributed by atoms with Crippen LogP contribution in [0.1, 0.15) is 25.6 Å². The molecule has 0 radical (unpaired) electrons. The van der Waals surface area contributed by atoms with Gasteiger partial charge in [0.2, 0.25) is 0 Å². The van der Waals surface area contributed by atoms with E-state index in [4.69, 9.17) is 0 Å². The smallest absolute Gasteiger partial charge is 0.149 e. The third-order valence-electron chi connectivity index (χ3n) is 3.70. The van der Waals surface area contributed by atoms with Crippen LogP contribution in [-0.2, 0) is 6.42 Å². The molecule has 100 valence electrons. The van der Waals surface area contributed by atoms with Crippen LogP contribution in [0.5, 0.6) is 0 Å². The molecule has 0 N–H and O–H groups in total. The summed E-state index contributed by atoms with van der Waals surface area (Å²) in [5, 5.41) is 0. The van der Waals surface area contributed by atoms with Crippen molar-refractivity contribution in [3.05, 3.63) is 42.2 Å². The first-order chi connectivity index (χ1) is 9.29. The maximum Gasteiger partial charge on any atom is 0.149 e. The Morgan fingerprint density at radius 3 is 2.74 bits per heavy atom. The van der Waals surface area contributed by atoms with Gasteiger partial charge in [0, 0.05) is 37.6 Å². The first kappa shape index (κ1) is 12.2. The molecule has 4 heteroatoms. The van der Waals surface area contributed by atoms with Crippen LogP contribution in [0.4, 0.5) is 10.1 Å². The summed E-state index contributed by atoms with van der Waals surface area (Å²) >= 11 is 0. The first-order valence-electron chi connectivity index (χ1n) is 6.86. The predicted molar refractivity (Wildman–Crippen MR) is 74.3 cm³/mol. The number of hydrogen-bond acceptors (Lipinski definition) is 2. The van der Waals surface area contributed by atoms with E-state index >= 15 is 0 Å². The van der Waals surface area contributed by atoms with Gasteiger partial charge in [-0.05, 0) is 31.0 Å². The molecule has 3 rings (SSSR count). The molecule has 0 amide bonds. The second-order valence-corrected chi connectivity index (χ2v) is 4.90. The summed E-state index contributed by atoms with van der Waals surface area (Å²) in [6, 6.07) is 5.49. The first-order valence-corrected chi connectivity index (χ1v) is 6.86. The van der Waals surface area contributed by atoms with Crippen LogP contribution in [0.25, 0.3) is 5.69 Å². The Morgan fingerprint density at radius 2 is 2.05 bits per heavy atom. The highest BCUT2D eigenvalue weighted by Gasteiger charge is 2.15. The molecule has 1 aliphatic rings. The van der Waals surface area contributed by atoms with E-state index in [0.717, 1.165) is 31.0 Å². The van der Waals surface area contributed by atoms with E-state index in [1.54, 1.807) is 12.3 Å². The van der Waals surface area contributed by atoms with Crippen LogP contribution in [0, 0.1) is 5.82 Å². The summed E-state index contributed by atoms with van der Waals surface area (Å²) in [4.78, 5) is 6.48. The van der Waals surface area contributed by atoms with Gasteiger partial charge in [-0.1, -0.05) is 6.92 Å². The molecule has 0 unspecified atom stereocenters. The summed E-state index contributed by atoms with van der Waals surface area (Å²) in [5.41, 5.74) is 1.56. The van der Waals surface area contributed by atoms with Crippen molar-refractivity contribution in [1.82, 2.24) is 9.55 Å². The summed E-state index contributed by atoms with van der Waals surface area (Å²) in [6.45, 7) is 4.09. The van der Waals surface area contributed by atoms with E-state index in [9.17, 15) is 4.39 Å². The fourth-order valence-corrected chi connectivity index (χ4v) is 2.68.